The number of hydrazone groups is 1. The van der Waals surface area contributed by atoms with Crippen molar-refractivity contribution in [2.24, 2.45) is 5.10 Å². The van der Waals surface area contributed by atoms with Crippen molar-refractivity contribution in [1.29, 1.82) is 0 Å². The number of carbonyl (C=O) groups is 3. The molecule has 3 amide bonds. The molecule has 3 rings (SSSR count). The SMILES string of the molecule is O=C(CNC(=O)C1=NN(c2ccccc2)C(=O)CC1)Nc1ccccc1. The molecule has 2 aromatic rings. The lowest BCUT2D eigenvalue weighted by Crippen LogP contribution is -2.41. The van der Waals surface area contributed by atoms with Crippen LogP contribution in [0.25, 0.3) is 0 Å². The van der Waals surface area contributed by atoms with E-state index in [1.165, 1.54) is 5.01 Å². The molecule has 7 nitrogen and oxygen atoms in total. The van der Waals surface area contributed by atoms with E-state index in [0.717, 1.165) is 0 Å². The molecule has 0 aliphatic carbocycles. The molecule has 7 heteroatoms. The van der Waals surface area contributed by atoms with Crippen LogP contribution in [0.3, 0.4) is 0 Å². The second kappa shape index (κ2) is 8.06. The van der Waals surface area contributed by atoms with E-state index in [1.807, 2.05) is 12.1 Å². The molecule has 0 saturated carbocycles. The topological polar surface area (TPSA) is 90.9 Å². The highest BCUT2D eigenvalue weighted by molar-refractivity contribution is 6.40. The van der Waals surface area contributed by atoms with Crippen LogP contribution in [-0.4, -0.2) is 30.0 Å². The van der Waals surface area contributed by atoms with Crippen LogP contribution in [0.2, 0.25) is 0 Å². The van der Waals surface area contributed by atoms with E-state index < -0.39 is 5.91 Å². The van der Waals surface area contributed by atoms with Gasteiger partial charge < -0.3 is 10.6 Å². The van der Waals surface area contributed by atoms with Gasteiger partial charge >= 0.3 is 0 Å². The minimum atomic E-state index is -0.457. The van der Waals surface area contributed by atoms with Gasteiger partial charge in [-0.05, 0) is 24.3 Å². The Bertz CT molecular complexity index is 834. The van der Waals surface area contributed by atoms with Crippen LogP contribution in [-0.2, 0) is 14.4 Å². The minimum Gasteiger partial charge on any atom is -0.342 e. The monoisotopic (exact) mass is 350 g/mol. The first kappa shape index (κ1) is 17.3. The predicted octanol–water partition coefficient (Wildman–Crippen LogP) is 1.92. The number of para-hydroxylation sites is 2. The average molecular weight is 350 g/mol. The third-order valence-corrected chi connectivity index (χ3v) is 3.76. The number of nitrogens with zero attached hydrogens (tertiary/aromatic N) is 2. The Morgan fingerprint density at radius 3 is 2.31 bits per heavy atom. The molecule has 0 atom stereocenters. The highest BCUT2D eigenvalue weighted by Gasteiger charge is 2.25. The molecule has 0 bridgehead atoms. The first-order valence-electron chi connectivity index (χ1n) is 8.22. The van der Waals surface area contributed by atoms with E-state index in [2.05, 4.69) is 15.7 Å². The number of rotatable bonds is 5. The molecule has 2 aromatic carbocycles. The molecule has 132 valence electrons. The van der Waals surface area contributed by atoms with Gasteiger partial charge in [0.2, 0.25) is 11.8 Å². The molecule has 1 aliphatic heterocycles. The third-order valence-electron chi connectivity index (χ3n) is 3.76. The summed E-state index contributed by atoms with van der Waals surface area (Å²) in [7, 11) is 0. The molecular weight excluding hydrogens is 332 g/mol. The summed E-state index contributed by atoms with van der Waals surface area (Å²) in [5.41, 5.74) is 1.48. The van der Waals surface area contributed by atoms with E-state index in [0.29, 0.717) is 11.4 Å². The number of benzene rings is 2. The summed E-state index contributed by atoms with van der Waals surface area (Å²) in [6.07, 6.45) is 0.436. The van der Waals surface area contributed by atoms with Crippen molar-refractivity contribution in [2.45, 2.75) is 12.8 Å². The molecule has 0 saturated heterocycles. The zero-order valence-corrected chi connectivity index (χ0v) is 14.0. The quantitative estimate of drug-likeness (QED) is 0.863. The van der Waals surface area contributed by atoms with Crippen LogP contribution >= 0.6 is 0 Å². The van der Waals surface area contributed by atoms with Gasteiger partial charge in [0.15, 0.2) is 0 Å². The van der Waals surface area contributed by atoms with Crippen LogP contribution in [0.4, 0.5) is 11.4 Å². The van der Waals surface area contributed by atoms with E-state index in [4.69, 9.17) is 0 Å². The fourth-order valence-electron chi connectivity index (χ4n) is 2.48. The van der Waals surface area contributed by atoms with E-state index in [1.54, 1.807) is 48.5 Å². The fraction of sp³-hybridized carbons (Fsp3) is 0.158. The lowest BCUT2D eigenvalue weighted by Gasteiger charge is -2.23. The van der Waals surface area contributed by atoms with E-state index in [-0.39, 0.29) is 36.9 Å². The number of anilines is 2. The minimum absolute atomic E-state index is 0.172. The average Bonchev–Trinajstić information content (AvgIpc) is 2.68. The molecule has 26 heavy (non-hydrogen) atoms. The van der Waals surface area contributed by atoms with Crippen molar-refractivity contribution < 1.29 is 14.4 Å². The maximum absolute atomic E-state index is 12.3. The zero-order chi connectivity index (χ0) is 18.4. The van der Waals surface area contributed by atoms with Crippen LogP contribution in [0.15, 0.2) is 65.8 Å². The molecule has 1 heterocycles. The Labute approximate surface area is 150 Å². The van der Waals surface area contributed by atoms with Crippen molar-refractivity contribution in [2.75, 3.05) is 16.9 Å². The van der Waals surface area contributed by atoms with Crippen LogP contribution in [0.1, 0.15) is 12.8 Å². The number of nitrogens with one attached hydrogen (secondary N) is 2. The van der Waals surface area contributed by atoms with Crippen molar-refractivity contribution in [3.05, 3.63) is 60.7 Å². The largest absolute Gasteiger partial charge is 0.342 e. The lowest BCUT2D eigenvalue weighted by atomic mass is 10.1. The van der Waals surface area contributed by atoms with Crippen LogP contribution < -0.4 is 15.6 Å². The zero-order valence-electron chi connectivity index (χ0n) is 14.0. The Kier molecular flexibility index (Phi) is 5.38. The molecule has 1 aliphatic rings. The molecule has 0 fully saturated rings. The maximum atomic E-state index is 12.3. The third kappa shape index (κ3) is 4.32. The molecule has 0 spiro atoms. The van der Waals surface area contributed by atoms with Crippen molar-refractivity contribution in [3.8, 4) is 0 Å². The number of amides is 3. The number of hydrogen-bond acceptors (Lipinski definition) is 4. The predicted molar refractivity (Wildman–Crippen MR) is 98.7 cm³/mol. The van der Waals surface area contributed by atoms with Gasteiger partial charge in [-0.25, -0.2) is 5.01 Å². The Morgan fingerprint density at radius 2 is 1.62 bits per heavy atom. The number of carbonyl (C=O) groups excluding carboxylic acids is 3. The summed E-state index contributed by atoms with van der Waals surface area (Å²) >= 11 is 0. The highest BCUT2D eigenvalue weighted by Crippen LogP contribution is 2.19. The van der Waals surface area contributed by atoms with Crippen molar-refractivity contribution in [1.82, 2.24) is 5.32 Å². The van der Waals surface area contributed by atoms with Gasteiger partial charge in [0, 0.05) is 18.5 Å². The summed E-state index contributed by atoms with van der Waals surface area (Å²) in [4.78, 5) is 36.2. The second-order valence-corrected chi connectivity index (χ2v) is 5.68. The smallest absolute Gasteiger partial charge is 0.267 e. The van der Waals surface area contributed by atoms with E-state index in [9.17, 15) is 14.4 Å². The molecule has 0 radical (unpaired) electrons. The summed E-state index contributed by atoms with van der Waals surface area (Å²) in [5.74, 6) is -0.965. The highest BCUT2D eigenvalue weighted by atomic mass is 16.2. The summed E-state index contributed by atoms with van der Waals surface area (Å²) in [6, 6.07) is 17.9. The van der Waals surface area contributed by atoms with Gasteiger partial charge in [0.25, 0.3) is 5.91 Å². The Morgan fingerprint density at radius 1 is 0.962 bits per heavy atom. The van der Waals surface area contributed by atoms with Crippen LogP contribution in [0, 0.1) is 0 Å². The second-order valence-electron chi connectivity index (χ2n) is 5.68. The maximum Gasteiger partial charge on any atom is 0.267 e. The standard InChI is InChI=1S/C19H18N4O3/c24-17(21-14-7-3-1-4-8-14)13-20-19(26)16-11-12-18(25)23(22-16)15-9-5-2-6-10-15/h1-10H,11-13H2,(H,20,26)(H,21,24). The summed E-state index contributed by atoms with van der Waals surface area (Å²) in [6.45, 7) is -0.175. The van der Waals surface area contributed by atoms with Crippen molar-refractivity contribution >= 4 is 34.8 Å². The Hall–Kier alpha value is -3.48. The fourth-order valence-corrected chi connectivity index (χ4v) is 2.48. The van der Waals surface area contributed by atoms with Crippen molar-refractivity contribution in [3.63, 3.8) is 0 Å². The lowest BCUT2D eigenvalue weighted by molar-refractivity contribution is -0.120. The normalized spacial score (nSPS) is 13.8. The van der Waals surface area contributed by atoms with E-state index >= 15 is 0 Å². The van der Waals surface area contributed by atoms with Gasteiger partial charge in [0.05, 0.1) is 12.2 Å². The molecular formula is C19H18N4O3. The summed E-state index contributed by atoms with van der Waals surface area (Å²) < 4.78 is 0. The summed E-state index contributed by atoms with van der Waals surface area (Å²) in [5, 5.41) is 10.6. The van der Waals surface area contributed by atoms with Crippen LogP contribution in [0.5, 0.6) is 0 Å². The Balaban J connectivity index is 1.60. The van der Waals surface area contributed by atoms with Gasteiger partial charge in [-0.2, -0.15) is 5.10 Å². The van der Waals surface area contributed by atoms with Gasteiger partial charge in [-0.1, -0.05) is 36.4 Å². The molecule has 0 aromatic heterocycles. The molecule has 2 N–H and O–H groups in total. The van der Waals surface area contributed by atoms with Gasteiger partial charge in [0.1, 0.15) is 5.71 Å². The first-order valence-corrected chi connectivity index (χ1v) is 8.22. The van der Waals surface area contributed by atoms with Gasteiger partial charge in [-0.15, -0.1) is 0 Å². The number of hydrogen-bond donors (Lipinski definition) is 2. The molecule has 0 unspecified atom stereocenters. The first-order chi connectivity index (χ1) is 12.6. The van der Waals surface area contributed by atoms with Gasteiger partial charge in [-0.3, -0.25) is 14.4 Å².